The number of nitrogens with one attached hydrogen (secondary N) is 1. The van der Waals surface area contributed by atoms with Crippen LogP contribution in [-0.2, 0) is 0 Å². The van der Waals surface area contributed by atoms with Crippen LogP contribution in [0.3, 0.4) is 0 Å². The van der Waals surface area contributed by atoms with E-state index in [4.69, 9.17) is 0 Å². The molecule has 1 nitrogen and oxygen atoms in total. The molecule has 112 valence electrons. The van der Waals surface area contributed by atoms with Gasteiger partial charge < -0.3 is 5.32 Å². The van der Waals surface area contributed by atoms with Crippen molar-refractivity contribution < 1.29 is 8.78 Å². The first kappa shape index (κ1) is 16.1. The highest BCUT2D eigenvalue weighted by atomic mass is 79.9. The molecule has 1 N–H and O–H groups in total. The summed E-state index contributed by atoms with van der Waals surface area (Å²) in [5.41, 5.74) is 2.65. The third kappa shape index (κ3) is 3.50. The topological polar surface area (TPSA) is 12.0 Å². The third-order valence-electron chi connectivity index (χ3n) is 3.53. The van der Waals surface area contributed by atoms with E-state index in [-0.39, 0.29) is 11.9 Å². The molecule has 2 rings (SSSR count). The summed E-state index contributed by atoms with van der Waals surface area (Å²) in [5.74, 6) is -0.781. The van der Waals surface area contributed by atoms with Gasteiger partial charge in [0.1, 0.15) is 11.6 Å². The molecule has 0 spiro atoms. The maximum Gasteiger partial charge on any atom is 0.128 e. The lowest BCUT2D eigenvalue weighted by Crippen LogP contribution is -2.23. The summed E-state index contributed by atoms with van der Waals surface area (Å²) in [6.07, 6.45) is 0. The van der Waals surface area contributed by atoms with E-state index >= 15 is 0 Å². The van der Waals surface area contributed by atoms with E-state index in [0.717, 1.165) is 15.6 Å². The molecule has 0 aliphatic carbocycles. The van der Waals surface area contributed by atoms with Gasteiger partial charge in [-0.25, -0.2) is 8.78 Å². The van der Waals surface area contributed by atoms with Crippen LogP contribution in [0.15, 0.2) is 34.8 Å². The van der Waals surface area contributed by atoms with Crippen LogP contribution in [0.1, 0.15) is 35.2 Å². The largest absolute Gasteiger partial charge is 0.306 e. The van der Waals surface area contributed by atoms with Crippen molar-refractivity contribution in [2.24, 2.45) is 0 Å². The van der Waals surface area contributed by atoms with E-state index in [1.165, 1.54) is 12.1 Å². The van der Waals surface area contributed by atoms with Gasteiger partial charge in [-0.1, -0.05) is 35.0 Å². The van der Waals surface area contributed by atoms with Gasteiger partial charge in [-0.3, -0.25) is 0 Å². The number of hydrogen-bond acceptors (Lipinski definition) is 1. The second-order valence-electron chi connectivity index (χ2n) is 5.12. The molecule has 1 unspecified atom stereocenters. The van der Waals surface area contributed by atoms with E-state index in [2.05, 4.69) is 21.2 Å². The third-order valence-corrected chi connectivity index (χ3v) is 4.38. The van der Waals surface area contributed by atoms with Gasteiger partial charge in [0.2, 0.25) is 0 Å². The molecule has 0 aromatic heterocycles. The lowest BCUT2D eigenvalue weighted by atomic mass is 9.96. The maximum atomic E-state index is 14.3. The Morgan fingerprint density at radius 1 is 1.05 bits per heavy atom. The van der Waals surface area contributed by atoms with Gasteiger partial charge in [0.25, 0.3) is 0 Å². The first-order valence-electron chi connectivity index (χ1n) is 6.89. The van der Waals surface area contributed by atoms with Gasteiger partial charge in [0.05, 0.1) is 6.04 Å². The molecule has 0 fully saturated rings. The molecule has 0 bridgehead atoms. The summed E-state index contributed by atoms with van der Waals surface area (Å²) >= 11 is 3.49. The van der Waals surface area contributed by atoms with Gasteiger partial charge in [0.15, 0.2) is 0 Å². The minimum atomic E-state index is -0.392. The molecular formula is C17H18BrF2N. The predicted molar refractivity (Wildman–Crippen MR) is 85.5 cm³/mol. The van der Waals surface area contributed by atoms with Gasteiger partial charge in [-0.2, -0.15) is 0 Å². The summed E-state index contributed by atoms with van der Waals surface area (Å²) in [4.78, 5) is 0. The van der Waals surface area contributed by atoms with Crippen LogP contribution in [0.5, 0.6) is 0 Å². The lowest BCUT2D eigenvalue weighted by Gasteiger charge is -2.21. The lowest BCUT2D eigenvalue weighted by molar-refractivity contribution is 0.541. The van der Waals surface area contributed by atoms with E-state index in [1.54, 1.807) is 6.92 Å². The normalized spacial score (nSPS) is 12.5. The van der Waals surface area contributed by atoms with Crippen molar-refractivity contribution in [1.82, 2.24) is 5.32 Å². The molecule has 0 saturated carbocycles. The van der Waals surface area contributed by atoms with Crippen LogP contribution < -0.4 is 5.32 Å². The monoisotopic (exact) mass is 353 g/mol. The summed E-state index contributed by atoms with van der Waals surface area (Å²) in [6.45, 7) is 6.15. The molecular weight excluding hydrogens is 336 g/mol. The molecule has 0 amide bonds. The fraction of sp³-hybridized carbons (Fsp3) is 0.294. The Bertz CT molecular complexity index is 655. The zero-order valence-electron chi connectivity index (χ0n) is 12.3. The van der Waals surface area contributed by atoms with E-state index < -0.39 is 5.82 Å². The second-order valence-corrected chi connectivity index (χ2v) is 5.98. The summed E-state index contributed by atoms with van der Waals surface area (Å²) in [5, 5.41) is 3.22. The number of benzene rings is 2. The molecule has 4 heteroatoms. The Morgan fingerprint density at radius 3 is 2.38 bits per heavy atom. The zero-order chi connectivity index (χ0) is 15.6. The Labute approximate surface area is 132 Å². The smallest absolute Gasteiger partial charge is 0.128 e. The van der Waals surface area contributed by atoms with Crippen LogP contribution in [0.25, 0.3) is 0 Å². The molecule has 0 aliphatic rings. The zero-order valence-corrected chi connectivity index (χ0v) is 13.9. The van der Waals surface area contributed by atoms with Crippen molar-refractivity contribution in [1.29, 1.82) is 0 Å². The highest BCUT2D eigenvalue weighted by molar-refractivity contribution is 9.10. The molecule has 0 aliphatic heterocycles. The Balaban J connectivity index is 2.52. The quantitative estimate of drug-likeness (QED) is 0.811. The Morgan fingerprint density at radius 2 is 1.76 bits per heavy atom. The van der Waals surface area contributed by atoms with Crippen LogP contribution in [0.4, 0.5) is 8.78 Å². The van der Waals surface area contributed by atoms with Crippen molar-refractivity contribution >= 4 is 15.9 Å². The highest BCUT2D eigenvalue weighted by Gasteiger charge is 2.19. The van der Waals surface area contributed by atoms with E-state index in [9.17, 15) is 8.78 Å². The van der Waals surface area contributed by atoms with Crippen LogP contribution in [-0.4, -0.2) is 6.54 Å². The maximum absolute atomic E-state index is 14.3. The molecule has 1 atom stereocenters. The number of rotatable bonds is 4. The van der Waals surface area contributed by atoms with Crippen LogP contribution in [0.2, 0.25) is 0 Å². The first-order valence-corrected chi connectivity index (χ1v) is 7.68. The van der Waals surface area contributed by atoms with Crippen molar-refractivity contribution in [2.75, 3.05) is 6.54 Å². The van der Waals surface area contributed by atoms with Crippen molar-refractivity contribution in [3.8, 4) is 0 Å². The van der Waals surface area contributed by atoms with Crippen molar-refractivity contribution in [2.45, 2.75) is 26.8 Å². The fourth-order valence-electron chi connectivity index (χ4n) is 2.28. The van der Waals surface area contributed by atoms with Gasteiger partial charge in [-0.15, -0.1) is 0 Å². The van der Waals surface area contributed by atoms with Crippen molar-refractivity contribution in [3.63, 3.8) is 0 Å². The fourth-order valence-corrected chi connectivity index (χ4v) is 2.68. The standard InChI is InChI=1S/C17H18BrF2N/c1-4-21-17(12-6-5-10(2)14(18)8-12)13-9-15(19)11(3)7-16(13)20/h5-9,17,21H,4H2,1-3H3. The molecule has 2 aromatic carbocycles. The minimum absolute atomic E-state index is 0.316. The van der Waals surface area contributed by atoms with Gasteiger partial charge in [0, 0.05) is 10.0 Å². The number of aryl methyl sites for hydroxylation is 2. The molecule has 2 aromatic rings. The van der Waals surface area contributed by atoms with Gasteiger partial charge in [-0.05, 0) is 55.3 Å². The number of hydrogen-bond donors (Lipinski definition) is 1. The summed E-state index contributed by atoms with van der Waals surface area (Å²) in [6, 6.07) is 8.00. The summed E-state index contributed by atoms with van der Waals surface area (Å²) < 4.78 is 29.0. The van der Waals surface area contributed by atoms with E-state index in [1.807, 2.05) is 32.0 Å². The van der Waals surface area contributed by atoms with Gasteiger partial charge >= 0.3 is 0 Å². The molecule has 0 saturated heterocycles. The average Bonchev–Trinajstić information content (AvgIpc) is 2.44. The second kappa shape index (κ2) is 6.67. The predicted octanol–water partition coefficient (Wildman–Crippen LogP) is 5.04. The Kier molecular flexibility index (Phi) is 5.12. The molecule has 0 radical (unpaired) electrons. The first-order chi connectivity index (χ1) is 9.93. The van der Waals surface area contributed by atoms with Crippen molar-refractivity contribution in [3.05, 3.63) is 68.7 Å². The SMILES string of the molecule is CCNC(c1ccc(C)c(Br)c1)c1cc(F)c(C)cc1F. The molecule has 21 heavy (non-hydrogen) atoms. The average molecular weight is 354 g/mol. The molecule has 0 heterocycles. The summed E-state index contributed by atoms with van der Waals surface area (Å²) in [7, 11) is 0. The highest BCUT2D eigenvalue weighted by Crippen LogP contribution is 2.29. The van der Waals surface area contributed by atoms with E-state index in [0.29, 0.717) is 17.7 Å². The number of halogens is 3. The van der Waals surface area contributed by atoms with Crippen LogP contribution in [0, 0.1) is 25.5 Å². The van der Waals surface area contributed by atoms with Crippen LogP contribution >= 0.6 is 15.9 Å². The Hall–Kier alpha value is -1.26. The minimum Gasteiger partial charge on any atom is -0.306 e.